The number of rotatable bonds is 3. The molecule has 1 aliphatic heterocycles. The van der Waals surface area contributed by atoms with Gasteiger partial charge in [-0.3, -0.25) is 4.79 Å². The third-order valence-electron chi connectivity index (χ3n) is 2.91. The number of carbonyl (C=O) groups is 2. The standard InChI is InChI=1S/C11H20N2O3/c1-7-6-9(4-5-12-7)10(14)13-8(2)11(15)16-3/h7-9,12H,4-6H2,1-3H3,(H,13,14)/t7?,8-,9?/m0/s1. The summed E-state index contributed by atoms with van der Waals surface area (Å²) < 4.78 is 4.56. The minimum absolute atomic E-state index is 0.00311. The molecular weight excluding hydrogens is 208 g/mol. The second kappa shape index (κ2) is 5.84. The number of piperidine rings is 1. The maximum absolute atomic E-state index is 11.8. The second-order valence-corrected chi connectivity index (χ2v) is 4.33. The summed E-state index contributed by atoms with van der Waals surface area (Å²) in [6.07, 6.45) is 1.64. The van der Waals surface area contributed by atoms with Gasteiger partial charge in [-0.25, -0.2) is 4.79 Å². The van der Waals surface area contributed by atoms with Gasteiger partial charge in [0, 0.05) is 12.0 Å². The molecule has 1 rings (SSSR count). The number of amides is 1. The SMILES string of the molecule is COC(=O)[C@H](C)NC(=O)C1CCNC(C)C1. The molecule has 2 N–H and O–H groups in total. The number of hydrogen-bond acceptors (Lipinski definition) is 4. The van der Waals surface area contributed by atoms with E-state index in [-0.39, 0.29) is 11.8 Å². The Labute approximate surface area is 95.9 Å². The molecule has 5 nitrogen and oxygen atoms in total. The van der Waals surface area contributed by atoms with Crippen molar-refractivity contribution in [3.05, 3.63) is 0 Å². The number of carbonyl (C=O) groups excluding carboxylic acids is 2. The highest BCUT2D eigenvalue weighted by atomic mass is 16.5. The summed E-state index contributed by atoms with van der Waals surface area (Å²) >= 11 is 0. The van der Waals surface area contributed by atoms with Gasteiger partial charge >= 0.3 is 5.97 Å². The largest absolute Gasteiger partial charge is 0.467 e. The Balaban J connectivity index is 2.42. The molecule has 16 heavy (non-hydrogen) atoms. The van der Waals surface area contributed by atoms with E-state index in [0.717, 1.165) is 19.4 Å². The highest BCUT2D eigenvalue weighted by Gasteiger charge is 2.26. The molecule has 5 heteroatoms. The summed E-state index contributed by atoms with van der Waals surface area (Å²) in [5.74, 6) is -0.454. The third-order valence-corrected chi connectivity index (χ3v) is 2.91. The van der Waals surface area contributed by atoms with E-state index < -0.39 is 12.0 Å². The minimum Gasteiger partial charge on any atom is -0.467 e. The van der Waals surface area contributed by atoms with Gasteiger partial charge in [-0.05, 0) is 33.2 Å². The van der Waals surface area contributed by atoms with Crippen LogP contribution in [0.4, 0.5) is 0 Å². The van der Waals surface area contributed by atoms with Crippen molar-refractivity contribution < 1.29 is 14.3 Å². The lowest BCUT2D eigenvalue weighted by molar-refractivity contribution is -0.145. The molecule has 0 aromatic rings. The molecule has 0 bridgehead atoms. The van der Waals surface area contributed by atoms with E-state index in [9.17, 15) is 9.59 Å². The zero-order valence-corrected chi connectivity index (χ0v) is 10.1. The fraction of sp³-hybridized carbons (Fsp3) is 0.818. The lowest BCUT2D eigenvalue weighted by Crippen LogP contribution is -2.46. The highest BCUT2D eigenvalue weighted by molar-refractivity contribution is 5.85. The maximum atomic E-state index is 11.8. The number of nitrogens with one attached hydrogen (secondary N) is 2. The van der Waals surface area contributed by atoms with Crippen LogP contribution in [0.2, 0.25) is 0 Å². The molecule has 1 amide bonds. The van der Waals surface area contributed by atoms with Gasteiger partial charge in [-0.2, -0.15) is 0 Å². The Morgan fingerprint density at radius 1 is 1.50 bits per heavy atom. The van der Waals surface area contributed by atoms with Gasteiger partial charge in [0.25, 0.3) is 0 Å². The normalized spacial score (nSPS) is 26.9. The molecule has 0 aromatic carbocycles. The molecule has 92 valence electrons. The van der Waals surface area contributed by atoms with Gasteiger partial charge in [0.15, 0.2) is 0 Å². The predicted octanol–water partition coefficient (Wildman–Crippen LogP) is 0.0522. The zero-order valence-electron chi connectivity index (χ0n) is 10.1. The molecule has 1 saturated heterocycles. The van der Waals surface area contributed by atoms with E-state index in [0.29, 0.717) is 6.04 Å². The van der Waals surface area contributed by atoms with E-state index in [1.54, 1.807) is 6.92 Å². The molecule has 1 heterocycles. The Hall–Kier alpha value is -1.10. The van der Waals surface area contributed by atoms with Crippen LogP contribution < -0.4 is 10.6 Å². The first-order chi connectivity index (χ1) is 7.54. The van der Waals surface area contributed by atoms with E-state index >= 15 is 0 Å². The average Bonchev–Trinajstić information content (AvgIpc) is 2.27. The fourth-order valence-electron chi connectivity index (χ4n) is 1.94. The van der Waals surface area contributed by atoms with E-state index in [1.165, 1.54) is 7.11 Å². The minimum atomic E-state index is -0.567. The van der Waals surface area contributed by atoms with Crippen molar-refractivity contribution in [3.8, 4) is 0 Å². The van der Waals surface area contributed by atoms with Crippen molar-refractivity contribution in [2.75, 3.05) is 13.7 Å². The van der Waals surface area contributed by atoms with Crippen LogP contribution in [0.1, 0.15) is 26.7 Å². The van der Waals surface area contributed by atoms with Gasteiger partial charge in [0.2, 0.25) is 5.91 Å². The molecule has 0 radical (unpaired) electrons. The smallest absolute Gasteiger partial charge is 0.328 e. The van der Waals surface area contributed by atoms with Gasteiger partial charge in [-0.15, -0.1) is 0 Å². The fourth-order valence-corrected chi connectivity index (χ4v) is 1.94. The molecule has 2 unspecified atom stereocenters. The number of methoxy groups -OCH3 is 1. The molecule has 1 fully saturated rings. The molecular formula is C11H20N2O3. The predicted molar refractivity (Wildman–Crippen MR) is 59.8 cm³/mol. The van der Waals surface area contributed by atoms with Crippen LogP contribution in [0.15, 0.2) is 0 Å². The van der Waals surface area contributed by atoms with Gasteiger partial charge in [0.1, 0.15) is 6.04 Å². The van der Waals surface area contributed by atoms with Crippen molar-refractivity contribution in [3.63, 3.8) is 0 Å². The molecule has 3 atom stereocenters. The Morgan fingerprint density at radius 2 is 2.19 bits per heavy atom. The summed E-state index contributed by atoms with van der Waals surface area (Å²) in [4.78, 5) is 23.0. The number of ether oxygens (including phenoxy) is 1. The van der Waals surface area contributed by atoms with Crippen LogP contribution in [0.25, 0.3) is 0 Å². The van der Waals surface area contributed by atoms with Gasteiger partial charge in [-0.1, -0.05) is 0 Å². The van der Waals surface area contributed by atoms with Gasteiger partial charge < -0.3 is 15.4 Å². The molecule has 1 aliphatic rings. The molecule has 0 aromatic heterocycles. The van der Waals surface area contributed by atoms with Crippen LogP contribution in [-0.4, -0.2) is 37.6 Å². The Morgan fingerprint density at radius 3 is 2.75 bits per heavy atom. The van der Waals surface area contributed by atoms with Crippen molar-refractivity contribution >= 4 is 11.9 Å². The molecule has 0 spiro atoms. The monoisotopic (exact) mass is 228 g/mol. The summed E-state index contributed by atoms with van der Waals surface area (Å²) in [7, 11) is 1.32. The highest BCUT2D eigenvalue weighted by Crippen LogP contribution is 2.16. The van der Waals surface area contributed by atoms with Gasteiger partial charge in [0.05, 0.1) is 7.11 Å². The second-order valence-electron chi connectivity index (χ2n) is 4.33. The lowest BCUT2D eigenvalue weighted by Gasteiger charge is -2.27. The summed E-state index contributed by atoms with van der Waals surface area (Å²) in [6, 6.07) is -0.208. The van der Waals surface area contributed by atoms with Crippen molar-refractivity contribution in [2.45, 2.75) is 38.8 Å². The Kier molecular flexibility index (Phi) is 4.73. The zero-order chi connectivity index (χ0) is 12.1. The number of esters is 1. The maximum Gasteiger partial charge on any atom is 0.328 e. The summed E-state index contributed by atoms with van der Waals surface area (Å²) in [6.45, 7) is 4.54. The summed E-state index contributed by atoms with van der Waals surface area (Å²) in [5, 5.41) is 5.96. The van der Waals surface area contributed by atoms with E-state index in [4.69, 9.17) is 0 Å². The Bertz CT molecular complexity index is 268. The quantitative estimate of drug-likeness (QED) is 0.670. The third kappa shape index (κ3) is 3.48. The summed E-state index contributed by atoms with van der Waals surface area (Å²) in [5.41, 5.74) is 0. The van der Waals surface area contributed by atoms with Crippen LogP contribution in [0.5, 0.6) is 0 Å². The van der Waals surface area contributed by atoms with E-state index in [1.807, 2.05) is 0 Å². The van der Waals surface area contributed by atoms with E-state index in [2.05, 4.69) is 22.3 Å². The molecule has 0 saturated carbocycles. The average molecular weight is 228 g/mol. The first-order valence-electron chi connectivity index (χ1n) is 5.66. The number of hydrogen-bond donors (Lipinski definition) is 2. The van der Waals surface area contributed by atoms with Crippen molar-refractivity contribution in [1.82, 2.24) is 10.6 Å². The molecule has 0 aliphatic carbocycles. The van der Waals surface area contributed by atoms with Crippen LogP contribution in [0, 0.1) is 5.92 Å². The first-order valence-corrected chi connectivity index (χ1v) is 5.66. The topological polar surface area (TPSA) is 67.4 Å². The van der Waals surface area contributed by atoms with Crippen molar-refractivity contribution in [1.29, 1.82) is 0 Å². The van der Waals surface area contributed by atoms with Crippen LogP contribution >= 0.6 is 0 Å². The first kappa shape index (κ1) is 13.0. The lowest BCUT2D eigenvalue weighted by atomic mass is 9.92. The van der Waals surface area contributed by atoms with Crippen LogP contribution in [0.3, 0.4) is 0 Å². The van der Waals surface area contributed by atoms with Crippen molar-refractivity contribution in [2.24, 2.45) is 5.92 Å². The van der Waals surface area contributed by atoms with Crippen LogP contribution in [-0.2, 0) is 14.3 Å².